The second kappa shape index (κ2) is 9.79. The van der Waals surface area contributed by atoms with Gasteiger partial charge in [-0.05, 0) is 30.2 Å². The van der Waals surface area contributed by atoms with Crippen LogP contribution in [0.4, 0.5) is 0 Å². The molecule has 0 amide bonds. The van der Waals surface area contributed by atoms with Crippen LogP contribution in [0, 0.1) is 0 Å². The Kier molecular flexibility index (Phi) is 7.41. The zero-order chi connectivity index (χ0) is 20.1. The normalized spacial score (nSPS) is 22.1. The molecule has 1 N–H and O–H groups in total. The van der Waals surface area contributed by atoms with Crippen molar-refractivity contribution in [1.82, 2.24) is 5.32 Å². The van der Waals surface area contributed by atoms with E-state index in [9.17, 15) is 9.59 Å². The van der Waals surface area contributed by atoms with Crippen molar-refractivity contribution in [3.8, 4) is 0 Å². The van der Waals surface area contributed by atoms with Crippen molar-refractivity contribution in [2.45, 2.75) is 30.7 Å². The molecular formula is C21H21Cl2NO3S. The van der Waals surface area contributed by atoms with Gasteiger partial charge in [0.25, 0.3) is 0 Å². The van der Waals surface area contributed by atoms with Crippen LogP contribution in [0.5, 0.6) is 0 Å². The maximum Gasteiger partial charge on any atom is 0.315 e. The molecule has 0 saturated carbocycles. The van der Waals surface area contributed by atoms with Gasteiger partial charge in [-0.1, -0.05) is 59.6 Å². The Labute approximate surface area is 178 Å². The molecule has 0 aliphatic carbocycles. The van der Waals surface area contributed by atoms with Crippen LogP contribution in [0.15, 0.2) is 48.5 Å². The molecule has 1 aliphatic heterocycles. The van der Waals surface area contributed by atoms with E-state index in [2.05, 4.69) is 5.32 Å². The molecular weight excluding hydrogens is 417 g/mol. The average molecular weight is 438 g/mol. The first-order valence-corrected chi connectivity index (χ1v) is 10.9. The van der Waals surface area contributed by atoms with E-state index in [1.807, 2.05) is 42.5 Å². The lowest BCUT2D eigenvalue weighted by atomic mass is 9.88. The van der Waals surface area contributed by atoms with Gasteiger partial charge in [-0.2, -0.15) is 0 Å². The SMILES string of the molecule is CCOC(=O)CSC1C(=O)CC(c2ccccc2Cl)NC1c1ccccc1Cl. The van der Waals surface area contributed by atoms with Crippen LogP contribution >= 0.6 is 35.0 Å². The molecule has 0 bridgehead atoms. The molecule has 7 heteroatoms. The van der Waals surface area contributed by atoms with Gasteiger partial charge in [0.1, 0.15) is 5.78 Å². The highest BCUT2D eigenvalue weighted by Gasteiger charge is 2.39. The Morgan fingerprint density at radius 1 is 1.11 bits per heavy atom. The molecule has 3 atom stereocenters. The van der Waals surface area contributed by atoms with Crippen LogP contribution in [0.25, 0.3) is 0 Å². The topological polar surface area (TPSA) is 55.4 Å². The van der Waals surface area contributed by atoms with E-state index in [4.69, 9.17) is 27.9 Å². The number of piperidine rings is 1. The van der Waals surface area contributed by atoms with E-state index in [0.29, 0.717) is 23.1 Å². The fraction of sp³-hybridized carbons (Fsp3) is 0.333. The number of benzene rings is 2. The van der Waals surface area contributed by atoms with Crippen molar-refractivity contribution < 1.29 is 14.3 Å². The minimum Gasteiger partial charge on any atom is -0.465 e. The molecule has 1 aliphatic rings. The number of ketones is 1. The predicted octanol–water partition coefficient (Wildman–Crippen LogP) is 5.00. The maximum absolute atomic E-state index is 13.1. The summed E-state index contributed by atoms with van der Waals surface area (Å²) in [7, 11) is 0. The number of thioether (sulfide) groups is 1. The monoisotopic (exact) mass is 437 g/mol. The largest absolute Gasteiger partial charge is 0.465 e. The van der Waals surface area contributed by atoms with E-state index in [1.54, 1.807) is 13.0 Å². The number of halogens is 2. The number of carbonyl (C=O) groups excluding carboxylic acids is 2. The number of rotatable bonds is 6. The molecule has 0 spiro atoms. The number of Topliss-reactive ketones (excluding diaryl/α,β-unsaturated/α-hetero) is 1. The average Bonchev–Trinajstić information content (AvgIpc) is 2.67. The van der Waals surface area contributed by atoms with Gasteiger partial charge in [-0.25, -0.2) is 0 Å². The van der Waals surface area contributed by atoms with Crippen molar-refractivity contribution in [3.05, 3.63) is 69.7 Å². The van der Waals surface area contributed by atoms with Crippen molar-refractivity contribution >= 4 is 46.7 Å². The quantitative estimate of drug-likeness (QED) is 0.644. The number of esters is 1. The number of hydrogen-bond acceptors (Lipinski definition) is 5. The molecule has 0 radical (unpaired) electrons. The molecule has 1 saturated heterocycles. The summed E-state index contributed by atoms with van der Waals surface area (Å²) in [5.41, 5.74) is 1.71. The van der Waals surface area contributed by atoms with Crippen molar-refractivity contribution in [2.24, 2.45) is 0 Å². The van der Waals surface area contributed by atoms with Gasteiger partial charge in [0, 0.05) is 22.5 Å². The standard InChI is InChI=1S/C21H21Cl2NO3S/c1-2-27-19(26)12-28-21-18(25)11-17(13-7-3-5-9-15(13)22)24-20(21)14-8-4-6-10-16(14)23/h3-10,17,20-21,24H,2,11-12H2,1H3. The van der Waals surface area contributed by atoms with Crippen molar-refractivity contribution in [1.29, 1.82) is 0 Å². The molecule has 0 aromatic heterocycles. The fourth-order valence-electron chi connectivity index (χ4n) is 3.35. The number of hydrogen-bond donors (Lipinski definition) is 1. The Morgan fingerprint density at radius 2 is 1.71 bits per heavy atom. The van der Waals surface area contributed by atoms with Crippen LogP contribution in [-0.4, -0.2) is 29.4 Å². The second-order valence-corrected chi connectivity index (χ2v) is 8.39. The van der Waals surface area contributed by atoms with Gasteiger partial charge >= 0.3 is 5.97 Å². The maximum atomic E-state index is 13.1. The molecule has 28 heavy (non-hydrogen) atoms. The van der Waals surface area contributed by atoms with Crippen LogP contribution in [-0.2, 0) is 14.3 Å². The molecule has 3 unspecified atom stereocenters. The Bertz CT molecular complexity index is 861. The highest BCUT2D eigenvalue weighted by molar-refractivity contribution is 8.01. The summed E-state index contributed by atoms with van der Waals surface area (Å²) in [6.07, 6.45) is 0.297. The lowest BCUT2D eigenvalue weighted by molar-refractivity contribution is -0.139. The summed E-state index contributed by atoms with van der Waals surface area (Å²) in [6.45, 7) is 2.08. The summed E-state index contributed by atoms with van der Waals surface area (Å²) in [4.78, 5) is 24.9. The highest BCUT2D eigenvalue weighted by atomic mass is 35.5. The number of carbonyl (C=O) groups is 2. The van der Waals surface area contributed by atoms with E-state index in [-0.39, 0.29) is 29.6 Å². The minimum atomic E-state index is -0.442. The van der Waals surface area contributed by atoms with Gasteiger partial charge in [0.05, 0.1) is 23.7 Å². The van der Waals surface area contributed by atoms with Crippen LogP contribution in [0.1, 0.15) is 36.6 Å². The van der Waals surface area contributed by atoms with E-state index >= 15 is 0 Å². The number of nitrogens with one attached hydrogen (secondary N) is 1. The molecule has 2 aromatic rings. The summed E-state index contributed by atoms with van der Waals surface area (Å²) in [6, 6.07) is 14.4. The lowest BCUT2D eigenvalue weighted by Gasteiger charge is -2.37. The first kappa shape index (κ1) is 21.2. The molecule has 1 heterocycles. The molecule has 148 valence electrons. The Balaban J connectivity index is 1.89. The summed E-state index contributed by atoms with van der Waals surface area (Å²) in [5.74, 6) is -0.154. The molecule has 2 aromatic carbocycles. The lowest BCUT2D eigenvalue weighted by Crippen LogP contribution is -2.45. The van der Waals surface area contributed by atoms with Gasteiger partial charge in [-0.3, -0.25) is 9.59 Å². The molecule has 3 rings (SSSR count). The zero-order valence-electron chi connectivity index (χ0n) is 15.4. The van der Waals surface area contributed by atoms with Crippen LogP contribution in [0.2, 0.25) is 10.0 Å². The third kappa shape index (κ3) is 4.90. The third-order valence-corrected chi connectivity index (χ3v) is 6.60. The van der Waals surface area contributed by atoms with Gasteiger partial charge in [-0.15, -0.1) is 11.8 Å². The second-order valence-electron chi connectivity index (χ2n) is 6.45. The number of ether oxygens (including phenoxy) is 1. The van der Waals surface area contributed by atoms with E-state index < -0.39 is 5.25 Å². The van der Waals surface area contributed by atoms with Crippen molar-refractivity contribution in [2.75, 3.05) is 12.4 Å². The van der Waals surface area contributed by atoms with Gasteiger partial charge in [0.15, 0.2) is 0 Å². The summed E-state index contributed by atoms with van der Waals surface area (Å²) in [5, 5.41) is 4.29. The molecule has 4 nitrogen and oxygen atoms in total. The summed E-state index contributed by atoms with van der Waals surface area (Å²) < 4.78 is 5.00. The third-order valence-electron chi connectivity index (χ3n) is 4.61. The fourth-order valence-corrected chi connectivity index (χ4v) is 4.97. The van der Waals surface area contributed by atoms with Crippen LogP contribution in [0.3, 0.4) is 0 Å². The van der Waals surface area contributed by atoms with Gasteiger partial charge in [0.2, 0.25) is 0 Å². The summed E-state index contributed by atoms with van der Waals surface area (Å²) >= 11 is 14.1. The first-order valence-electron chi connectivity index (χ1n) is 9.06. The predicted molar refractivity (Wildman–Crippen MR) is 114 cm³/mol. The Morgan fingerprint density at radius 3 is 2.32 bits per heavy atom. The Hall–Kier alpha value is -1.53. The minimum absolute atomic E-state index is 0.0582. The zero-order valence-corrected chi connectivity index (χ0v) is 17.7. The van der Waals surface area contributed by atoms with E-state index in [0.717, 1.165) is 11.1 Å². The van der Waals surface area contributed by atoms with Crippen molar-refractivity contribution in [3.63, 3.8) is 0 Å². The smallest absolute Gasteiger partial charge is 0.315 e. The molecule has 1 fully saturated rings. The first-order chi connectivity index (χ1) is 13.5. The highest BCUT2D eigenvalue weighted by Crippen LogP contribution is 2.40. The van der Waals surface area contributed by atoms with Crippen LogP contribution < -0.4 is 5.32 Å². The van der Waals surface area contributed by atoms with Gasteiger partial charge < -0.3 is 10.1 Å². The van der Waals surface area contributed by atoms with E-state index in [1.165, 1.54) is 11.8 Å².